The molecule has 0 fully saturated rings. The summed E-state index contributed by atoms with van der Waals surface area (Å²) >= 11 is 0. The van der Waals surface area contributed by atoms with Crippen LogP contribution in [-0.4, -0.2) is 25.5 Å². The van der Waals surface area contributed by atoms with Crippen LogP contribution in [0, 0.1) is 23.0 Å². The second-order valence-electron chi connectivity index (χ2n) is 7.67. The van der Waals surface area contributed by atoms with Crippen LogP contribution >= 0.6 is 0 Å². The van der Waals surface area contributed by atoms with Crippen molar-refractivity contribution in [3.05, 3.63) is 101 Å². The van der Waals surface area contributed by atoms with Gasteiger partial charge in [-0.2, -0.15) is 22.8 Å². The highest BCUT2D eigenvalue weighted by Gasteiger charge is 2.44. The third-order valence-electron chi connectivity index (χ3n) is 5.08. The molecule has 0 saturated carbocycles. The maximum atomic E-state index is 14.4. The van der Waals surface area contributed by atoms with Crippen molar-refractivity contribution >= 4 is 6.41 Å². The van der Waals surface area contributed by atoms with E-state index in [2.05, 4.69) is 10.1 Å². The molecule has 3 rings (SSSR count). The first-order chi connectivity index (χ1) is 17.6. The van der Waals surface area contributed by atoms with Crippen molar-refractivity contribution < 1.29 is 35.9 Å². The summed E-state index contributed by atoms with van der Waals surface area (Å²) < 4.78 is 84.1. The van der Waals surface area contributed by atoms with E-state index in [9.17, 15) is 31.1 Å². The molecule has 1 amide bonds. The summed E-state index contributed by atoms with van der Waals surface area (Å²) in [6.45, 7) is 0.483. The quantitative estimate of drug-likeness (QED) is 0.279. The normalized spacial score (nSPS) is 12.5. The summed E-state index contributed by atoms with van der Waals surface area (Å²) in [6, 6.07) is 17.8. The zero-order valence-corrected chi connectivity index (χ0v) is 19.3. The van der Waals surface area contributed by atoms with E-state index >= 15 is 0 Å². The number of carbonyl (C=O) groups is 1. The van der Waals surface area contributed by atoms with Crippen molar-refractivity contribution in [2.75, 3.05) is 6.54 Å². The Hall–Kier alpha value is -4.04. The van der Waals surface area contributed by atoms with Crippen LogP contribution < -0.4 is 15.8 Å². The van der Waals surface area contributed by atoms with Crippen LogP contribution in [-0.2, 0) is 16.8 Å². The van der Waals surface area contributed by atoms with Gasteiger partial charge in [0.2, 0.25) is 6.41 Å². The second-order valence-corrected chi connectivity index (χ2v) is 7.67. The molecule has 5 nitrogen and oxygen atoms in total. The van der Waals surface area contributed by atoms with Gasteiger partial charge in [-0.05, 0) is 41.0 Å². The fourth-order valence-electron chi connectivity index (χ4n) is 3.46. The molecule has 3 aromatic carbocycles. The number of carbonyl (C=O) groups excluding carboxylic acids is 1. The predicted molar refractivity (Wildman–Crippen MR) is 124 cm³/mol. The van der Waals surface area contributed by atoms with Crippen LogP contribution in [0.5, 0.6) is 5.75 Å². The van der Waals surface area contributed by atoms with E-state index in [1.54, 1.807) is 30.3 Å². The van der Waals surface area contributed by atoms with Crippen molar-refractivity contribution in [1.29, 1.82) is 5.26 Å². The van der Waals surface area contributed by atoms with Crippen LogP contribution in [0.2, 0.25) is 0 Å². The van der Waals surface area contributed by atoms with Crippen LogP contribution in [0.4, 0.5) is 26.3 Å². The van der Waals surface area contributed by atoms with Gasteiger partial charge in [0.05, 0.1) is 11.6 Å². The van der Waals surface area contributed by atoms with E-state index in [0.717, 1.165) is 24.3 Å². The van der Waals surface area contributed by atoms with Gasteiger partial charge in [0, 0.05) is 25.5 Å². The molecule has 11 heteroatoms. The third kappa shape index (κ3) is 7.98. The van der Waals surface area contributed by atoms with Gasteiger partial charge in [-0.1, -0.05) is 42.5 Å². The van der Waals surface area contributed by atoms with Crippen molar-refractivity contribution in [3.8, 4) is 11.8 Å². The summed E-state index contributed by atoms with van der Waals surface area (Å²) in [6.07, 6.45) is -8.20. The summed E-state index contributed by atoms with van der Waals surface area (Å²) in [4.78, 5) is 11.6. The van der Waals surface area contributed by atoms with E-state index in [0.29, 0.717) is 36.6 Å². The number of ether oxygens (including phenoxy) is 1. The molecule has 0 aliphatic rings. The van der Waals surface area contributed by atoms with Gasteiger partial charge in [0.1, 0.15) is 17.4 Å². The van der Waals surface area contributed by atoms with Gasteiger partial charge in [-0.15, -0.1) is 0 Å². The van der Waals surface area contributed by atoms with Crippen LogP contribution in [0.25, 0.3) is 0 Å². The van der Waals surface area contributed by atoms with E-state index < -0.39 is 35.5 Å². The SMILES string of the molecule is N#CCCN.O=CN[C@](Cc1ccccc1)(c1ccc(F)cc1)c1cc(F)cc(OC(F)(F)C(F)F)c1. The van der Waals surface area contributed by atoms with Gasteiger partial charge < -0.3 is 15.8 Å². The highest BCUT2D eigenvalue weighted by Crippen LogP contribution is 2.37. The lowest BCUT2D eigenvalue weighted by Crippen LogP contribution is -2.45. The van der Waals surface area contributed by atoms with Crippen LogP contribution in [0.1, 0.15) is 23.1 Å². The van der Waals surface area contributed by atoms with Gasteiger partial charge in [0.15, 0.2) is 0 Å². The second kappa shape index (κ2) is 13.3. The number of alkyl halides is 4. The molecule has 37 heavy (non-hydrogen) atoms. The Morgan fingerprint density at radius 3 is 2.14 bits per heavy atom. The average molecular weight is 523 g/mol. The number of nitriles is 1. The lowest BCUT2D eigenvalue weighted by Gasteiger charge is -2.35. The number of amides is 1. The van der Waals surface area contributed by atoms with E-state index in [1.165, 1.54) is 12.1 Å². The number of nitrogens with one attached hydrogen (secondary N) is 1. The van der Waals surface area contributed by atoms with Crippen molar-refractivity contribution in [3.63, 3.8) is 0 Å². The molecule has 0 aromatic heterocycles. The third-order valence-corrected chi connectivity index (χ3v) is 5.08. The van der Waals surface area contributed by atoms with Crippen LogP contribution in [0.3, 0.4) is 0 Å². The van der Waals surface area contributed by atoms with Gasteiger partial charge in [0.25, 0.3) is 0 Å². The molecule has 0 bridgehead atoms. The van der Waals surface area contributed by atoms with Crippen molar-refractivity contribution in [1.82, 2.24) is 5.32 Å². The summed E-state index contributed by atoms with van der Waals surface area (Å²) in [5.74, 6) is -2.50. The maximum Gasteiger partial charge on any atom is 0.461 e. The Morgan fingerprint density at radius 1 is 0.973 bits per heavy atom. The number of halogens is 6. The molecule has 0 aliphatic carbocycles. The minimum Gasteiger partial charge on any atom is -0.428 e. The maximum absolute atomic E-state index is 14.4. The molecule has 0 saturated heterocycles. The number of benzene rings is 3. The summed E-state index contributed by atoms with van der Waals surface area (Å²) in [5.41, 5.74) is 4.25. The summed E-state index contributed by atoms with van der Waals surface area (Å²) in [5, 5.41) is 10.3. The zero-order chi connectivity index (χ0) is 27.5. The minimum atomic E-state index is -4.86. The monoisotopic (exact) mass is 523 g/mol. The highest BCUT2D eigenvalue weighted by molar-refractivity contribution is 5.55. The molecule has 196 valence electrons. The molecule has 0 spiro atoms. The molecular formula is C26H23F6N3O2. The van der Waals surface area contributed by atoms with Crippen molar-refractivity contribution in [2.24, 2.45) is 5.73 Å². The molecule has 0 aliphatic heterocycles. The lowest BCUT2D eigenvalue weighted by molar-refractivity contribution is -0.253. The lowest BCUT2D eigenvalue weighted by atomic mass is 9.78. The largest absolute Gasteiger partial charge is 0.461 e. The average Bonchev–Trinajstić information content (AvgIpc) is 2.85. The minimum absolute atomic E-state index is 0.00630. The van der Waals surface area contributed by atoms with E-state index in [-0.39, 0.29) is 12.0 Å². The molecule has 1 atom stereocenters. The Bertz CT molecular complexity index is 1190. The van der Waals surface area contributed by atoms with E-state index in [1.807, 2.05) is 6.07 Å². The molecule has 3 N–H and O–H groups in total. The van der Waals surface area contributed by atoms with Crippen molar-refractivity contribution in [2.45, 2.75) is 30.9 Å². The Balaban J connectivity index is 0.000000877. The van der Waals surface area contributed by atoms with E-state index in [4.69, 9.17) is 11.0 Å². The topological polar surface area (TPSA) is 88.1 Å². The van der Waals surface area contributed by atoms with Crippen LogP contribution in [0.15, 0.2) is 72.8 Å². The molecule has 3 aromatic rings. The van der Waals surface area contributed by atoms with Gasteiger partial charge in [-0.25, -0.2) is 8.78 Å². The molecule has 0 unspecified atom stereocenters. The molecule has 0 heterocycles. The molecule has 0 radical (unpaired) electrons. The predicted octanol–water partition coefficient (Wildman–Crippen LogP) is 5.29. The summed E-state index contributed by atoms with van der Waals surface area (Å²) in [7, 11) is 0. The Kier molecular flexibility index (Phi) is 10.5. The fraction of sp³-hybridized carbons (Fsp3) is 0.231. The van der Waals surface area contributed by atoms with Gasteiger partial charge in [-0.3, -0.25) is 4.79 Å². The number of rotatable bonds is 10. The first kappa shape index (κ1) is 29.2. The fourth-order valence-corrected chi connectivity index (χ4v) is 3.46. The highest BCUT2D eigenvalue weighted by atomic mass is 19.3. The first-order valence-corrected chi connectivity index (χ1v) is 10.8. The van der Waals surface area contributed by atoms with Gasteiger partial charge >= 0.3 is 12.5 Å². The zero-order valence-electron chi connectivity index (χ0n) is 19.3. The number of nitrogens with zero attached hydrogens (tertiary/aromatic N) is 1. The first-order valence-electron chi connectivity index (χ1n) is 10.8. The number of nitrogens with two attached hydrogens (primary N) is 1. The number of hydrogen-bond acceptors (Lipinski definition) is 4. The smallest absolute Gasteiger partial charge is 0.428 e. The standard InChI is InChI=1S/C23H17F6NO2.C3H6N2/c24-18-8-6-16(7-9-18)22(30-14-31,13-15-4-2-1-3-5-15)17-10-19(25)12-20(11-17)32-23(28,29)21(26)27;4-2-1-3-5/h1-12,14,21H,13H2,(H,30,31);1-2,4H2/t22-;/m1./s1. The molecular weight excluding hydrogens is 500 g/mol. The number of hydrogen-bond donors (Lipinski definition) is 2. The Labute approximate surface area is 209 Å². The Morgan fingerprint density at radius 2 is 1.62 bits per heavy atom.